The zero-order chi connectivity index (χ0) is 17.9. The predicted molar refractivity (Wildman–Crippen MR) is 96.3 cm³/mol. The van der Waals surface area contributed by atoms with Gasteiger partial charge in [0, 0.05) is 6.20 Å². The summed E-state index contributed by atoms with van der Waals surface area (Å²) in [6, 6.07) is 17.1. The summed E-state index contributed by atoms with van der Waals surface area (Å²) in [5.74, 6) is -0.896. The van der Waals surface area contributed by atoms with Gasteiger partial charge in [-0.15, -0.1) is 0 Å². The number of benzene rings is 2. The van der Waals surface area contributed by atoms with Gasteiger partial charge >= 0.3 is 5.97 Å². The van der Waals surface area contributed by atoms with E-state index in [1.165, 1.54) is 12.3 Å². The number of H-pyrrole nitrogens is 1. The summed E-state index contributed by atoms with van der Waals surface area (Å²) in [6.45, 7) is -0.347. The molecule has 3 aromatic rings. The molecule has 2 heterocycles. The molecule has 2 aromatic carbocycles. The first-order valence-electron chi connectivity index (χ1n) is 8.39. The van der Waals surface area contributed by atoms with E-state index in [-0.39, 0.29) is 18.2 Å². The fraction of sp³-hybridized carbons (Fsp3) is 0.150. The molecule has 0 radical (unpaired) electrons. The number of aromatic nitrogens is 2. The van der Waals surface area contributed by atoms with Crippen LogP contribution in [-0.2, 0) is 22.4 Å². The van der Waals surface area contributed by atoms with E-state index in [1.54, 1.807) is 4.90 Å². The van der Waals surface area contributed by atoms with Gasteiger partial charge in [0.05, 0.1) is 11.4 Å². The van der Waals surface area contributed by atoms with Crippen molar-refractivity contribution in [2.75, 3.05) is 11.5 Å². The molecule has 1 aromatic heterocycles. The smallest absolute Gasteiger partial charge is 0.356 e. The van der Waals surface area contributed by atoms with E-state index in [4.69, 9.17) is 4.74 Å². The summed E-state index contributed by atoms with van der Waals surface area (Å²) >= 11 is 0. The number of ether oxygens (including phenoxy) is 1. The van der Waals surface area contributed by atoms with E-state index in [1.807, 2.05) is 48.5 Å². The van der Waals surface area contributed by atoms with Crippen LogP contribution in [0.3, 0.4) is 0 Å². The van der Waals surface area contributed by atoms with Crippen LogP contribution in [0.25, 0.3) is 0 Å². The Hall–Kier alpha value is -3.41. The second-order valence-corrected chi connectivity index (χ2v) is 6.03. The number of nitrogens with zero attached hydrogens (tertiary/aromatic N) is 2. The van der Waals surface area contributed by atoms with Crippen molar-refractivity contribution in [1.29, 1.82) is 0 Å². The maximum absolute atomic E-state index is 13.0. The van der Waals surface area contributed by atoms with Gasteiger partial charge in [0.2, 0.25) is 0 Å². The van der Waals surface area contributed by atoms with E-state index in [0.29, 0.717) is 0 Å². The number of hydrogen-bond acceptors (Lipinski definition) is 4. The first-order valence-corrected chi connectivity index (χ1v) is 8.39. The molecule has 26 heavy (non-hydrogen) atoms. The summed E-state index contributed by atoms with van der Waals surface area (Å²) in [7, 11) is 0. The van der Waals surface area contributed by atoms with Crippen molar-refractivity contribution in [3.63, 3.8) is 0 Å². The molecule has 0 saturated carbocycles. The number of amides is 1. The molecular weight excluding hydrogens is 330 g/mol. The van der Waals surface area contributed by atoms with Crippen molar-refractivity contribution in [2.45, 2.75) is 12.8 Å². The van der Waals surface area contributed by atoms with Gasteiger partial charge in [-0.05, 0) is 42.2 Å². The van der Waals surface area contributed by atoms with Crippen molar-refractivity contribution in [3.8, 4) is 0 Å². The molecular formula is C20H17N3O3. The van der Waals surface area contributed by atoms with Crippen LogP contribution >= 0.6 is 0 Å². The largest absolute Gasteiger partial charge is 0.451 e. The minimum absolute atomic E-state index is 0.217. The molecule has 0 aliphatic carbocycles. The molecule has 0 fully saturated rings. The Morgan fingerprint density at radius 1 is 0.962 bits per heavy atom. The number of nitrogens with one attached hydrogen (secondary N) is 1. The highest BCUT2D eigenvalue weighted by Crippen LogP contribution is 2.35. The van der Waals surface area contributed by atoms with Crippen molar-refractivity contribution >= 4 is 23.3 Å². The maximum atomic E-state index is 13.0. The number of fused-ring (bicyclic) bond motifs is 2. The number of carbonyl (C=O) groups excluding carboxylic acids is 2. The van der Waals surface area contributed by atoms with Crippen molar-refractivity contribution in [1.82, 2.24) is 10.2 Å². The molecule has 130 valence electrons. The predicted octanol–water partition coefficient (Wildman–Crippen LogP) is 3.03. The van der Waals surface area contributed by atoms with E-state index in [2.05, 4.69) is 10.2 Å². The average Bonchev–Trinajstić information content (AvgIpc) is 3.15. The standard InChI is InChI=1S/C20H17N3O3/c24-19(13-26-20(25)16-11-12-21-22-16)23-17-7-3-1-5-14(17)9-10-15-6-2-4-8-18(15)23/h1-8,11-12H,9-10,13H2,(H,21,22). The van der Waals surface area contributed by atoms with Crippen LogP contribution in [0.1, 0.15) is 21.6 Å². The van der Waals surface area contributed by atoms with Gasteiger partial charge in [0.1, 0.15) is 5.69 Å². The number of anilines is 2. The van der Waals surface area contributed by atoms with Crippen LogP contribution in [0.5, 0.6) is 0 Å². The van der Waals surface area contributed by atoms with Gasteiger partial charge in [-0.2, -0.15) is 5.10 Å². The fourth-order valence-electron chi connectivity index (χ4n) is 3.19. The third-order valence-electron chi connectivity index (χ3n) is 4.43. The zero-order valence-electron chi connectivity index (χ0n) is 14.0. The Kier molecular flexibility index (Phi) is 4.23. The number of hydrogen-bond donors (Lipinski definition) is 1. The number of aromatic amines is 1. The lowest BCUT2D eigenvalue weighted by molar-refractivity contribution is -0.121. The molecule has 1 aliphatic rings. The van der Waals surface area contributed by atoms with Gasteiger partial charge in [-0.1, -0.05) is 36.4 Å². The van der Waals surface area contributed by atoms with Crippen LogP contribution in [-0.4, -0.2) is 28.7 Å². The van der Waals surface area contributed by atoms with Crippen LogP contribution in [0, 0.1) is 0 Å². The normalized spacial score (nSPS) is 12.7. The molecule has 0 atom stereocenters. The number of aryl methyl sites for hydroxylation is 2. The third kappa shape index (κ3) is 2.97. The zero-order valence-corrected chi connectivity index (χ0v) is 14.0. The highest BCUT2D eigenvalue weighted by atomic mass is 16.5. The van der Waals surface area contributed by atoms with E-state index >= 15 is 0 Å². The van der Waals surface area contributed by atoms with Gasteiger partial charge < -0.3 is 4.74 Å². The second-order valence-electron chi connectivity index (χ2n) is 6.03. The van der Waals surface area contributed by atoms with Gasteiger partial charge in [0.15, 0.2) is 6.61 Å². The second kappa shape index (κ2) is 6.84. The lowest BCUT2D eigenvalue weighted by Gasteiger charge is -2.24. The quantitative estimate of drug-likeness (QED) is 0.739. The molecule has 4 rings (SSSR count). The van der Waals surface area contributed by atoms with Crippen molar-refractivity contribution in [3.05, 3.63) is 77.6 Å². The van der Waals surface area contributed by atoms with Crippen LogP contribution < -0.4 is 4.90 Å². The first kappa shape index (κ1) is 16.1. The molecule has 0 saturated heterocycles. The molecule has 0 bridgehead atoms. The minimum atomic E-state index is -0.604. The molecule has 6 nitrogen and oxygen atoms in total. The summed E-state index contributed by atoms with van der Waals surface area (Å²) in [5, 5.41) is 6.24. The fourth-order valence-corrected chi connectivity index (χ4v) is 3.19. The number of rotatable bonds is 3. The average molecular weight is 347 g/mol. The van der Waals surface area contributed by atoms with Crippen LogP contribution in [0.4, 0.5) is 11.4 Å². The Bertz CT molecular complexity index is 903. The molecule has 0 unspecified atom stereocenters. The Morgan fingerprint density at radius 3 is 2.15 bits per heavy atom. The topological polar surface area (TPSA) is 75.3 Å². The van der Waals surface area contributed by atoms with Crippen LogP contribution in [0.2, 0.25) is 0 Å². The first-order chi connectivity index (χ1) is 12.7. The maximum Gasteiger partial charge on any atom is 0.356 e. The molecule has 1 amide bonds. The molecule has 1 aliphatic heterocycles. The SMILES string of the molecule is O=C(OCC(=O)N1c2ccccc2CCc2ccccc21)c1ccn[nH]1. The van der Waals surface area contributed by atoms with Crippen molar-refractivity contribution in [2.24, 2.45) is 0 Å². The summed E-state index contributed by atoms with van der Waals surface area (Å²) in [5.41, 5.74) is 4.07. The highest BCUT2D eigenvalue weighted by molar-refractivity contribution is 6.04. The van der Waals surface area contributed by atoms with E-state index in [9.17, 15) is 9.59 Å². The van der Waals surface area contributed by atoms with Crippen LogP contribution in [0.15, 0.2) is 60.8 Å². The summed E-state index contributed by atoms with van der Waals surface area (Å²) < 4.78 is 5.17. The lowest BCUT2D eigenvalue weighted by atomic mass is 10.0. The molecule has 1 N–H and O–H groups in total. The lowest BCUT2D eigenvalue weighted by Crippen LogP contribution is -2.31. The van der Waals surface area contributed by atoms with E-state index < -0.39 is 5.97 Å². The Balaban J connectivity index is 1.64. The van der Waals surface area contributed by atoms with Gasteiger partial charge in [-0.25, -0.2) is 4.79 Å². The molecule has 0 spiro atoms. The minimum Gasteiger partial charge on any atom is -0.451 e. The third-order valence-corrected chi connectivity index (χ3v) is 4.43. The number of carbonyl (C=O) groups is 2. The van der Waals surface area contributed by atoms with Gasteiger partial charge in [0.25, 0.3) is 5.91 Å². The van der Waals surface area contributed by atoms with Crippen molar-refractivity contribution < 1.29 is 14.3 Å². The number of para-hydroxylation sites is 2. The highest BCUT2D eigenvalue weighted by Gasteiger charge is 2.26. The van der Waals surface area contributed by atoms with E-state index in [0.717, 1.165) is 35.3 Å². The van der Waals surface area contributed by atoms with Gasteiger partial charge in [-0.3, -0.25) is 14.8 Å². The molecule has 6 heteroatoms. The number of esters is 1. The Labute approximate surface area is 150 Å². The summed E-state index contributed by atoms with van der Waals surface area (Å²) in [6.07, 6.45) is 3.16. The monoisotopic (exact) mass is 347 g/mol. The Morgan fingerprint density at radius 2 is 1.58 bits per heavy atom. The summed E-state index contributed by atoms with van der Waals surface area (Å²) in [4.78, 5) is 26.6.